The van der Waals surface area contributed by atoms with E-state index in [1.165, 1.54) is 16.7 Å². The fourth-order valence-corrected chi connectivity index (χ4v) is 1.44. The average Bonchev–Trinajstić information content (AvgIpc) is 2.89. The van der Waals surface area contributed by atoms with Crippen LogP contribution in [0.25, 0.3) is 0 Å². The molecule has 0 amide bonds. The first-order chi connectivity index (χ1) is 8.45. The van der Waals surface area contributed by atoms with Gasteiger partial charge in [0.25, 0.3) is 0 Å². The van der Waals surface area contributed by atoms with Crippen molar-refractivity contribution in [2.75, 3.05) is 0 Å². The van der Waals surface area contributed by atoms with Crippen LogP contribution in [0.1, 0.15) is 40.0 Å². The van der Waals surface area contributed by atoms with Crippen LogP contribution in [-0.4, -0.2) is 5.43 Å². The van der Waals surface area contributed by atoms with Crippen molar-refractivity contribution < 1.29 is 48.1 Å². The number of hydrogen-bond acceptors (Lipinski definition) is 0. The topological polar surface area (TPSA) is 0 Å². The van der Waals surface area contributed by atoms with Crippen LogP contribution < -0.4 is 24.8 Å². The van der Waals surface area contributed by atoms with Crippen LogP contribution in [-0.2, 0) is 23.3 Å². The van der Waals surface area contributed by atoms with Crippen LogP contribution in [0.5, 0.6) is 0 Å². The second-order valence-corrected chi connectivity index (χ2v) is 14.1. The van der Waals surface area contributed by atoms with Gasteiger partial charge in [0.1, 0.15) is 0 Å². The van der Waals surface area contributed by atoms with Gasteiger partial charge in [-0.25, -0.2) is 23.3 Å². The van der Waals surface area contributed by atoms with Gasteiger partial charge in [0.05, 0.1) is 0 Å². The molecular formula is C16H24Cl2SiZr-2. The van der Waals surface area contributed by atoms with E-state index in [0.717, 1.165) is 19.3 Å². The van der Waals surface area contributed by atoms with Crippen LogP contribution in [0.15, 0.2) is 34.9 Å². The molecule has 4 heteroatoms. The van der Waals surface area contributed by atoms with E-state index in [9.17, 15) is 0 Å². The van der Waals surface area contributed by atoms with E-state index < -0.39 is 0 Å². The summed E-state index contributed by atoms with van der Waals surface area (Å²) in [4.78, 5) is 0. The van der Waals surface area contributed by atoms with Crippen molar-refractivity contribution in [1.29, 1.82) is 0 Å². The largest absolute Gasteiger partial charge is 1.00 e. The Kier molecular flexibility index (Phi) is 20.5. The maximum atomic E-state index is 3.19. The Bertz CT molecular complexity index is 389. The standard InChI is InChI=1S/2C7H9.C2H6Si.2ClH.Zr/c1-6-3-4-7(2)5-6;1-2-7-5-3-4-6-7;1-3-2;;;/h5H,3H2,1-2H3;5-6H,2-3H2,1H3;1-2H3;2*1H;/q2*-1;;;;+2/p-2. The van der Waals surface area contributed by atoms with Crippen molar-refractivity contribution in [2.45, 2.75) is 53.1 Å². The summed E-state index contributed by atoms with van der Waals surface area (Å²) in [7, 11) is 0. The van der Waals surface area contributed by atoms with Crippen molar-refractivity contribution in [3.8, 4) is 0 Å². The van der Waals surface area contributed by atoms with Gasteiger partial charge in [0.2, 0.25) is 0 Å². The van der Waals surface area contributed by atoms with Gasteiger partial charge in [-0.15, -0.1) is 12.8 Å². The average molecular weight is 407 g/mol. The SMILES string of the molecule is CC1=[C-]CC(C)=C1.CCC1=CC[C-]=C1.C[Si](C)=[Zr+2].[Cl-].[Cl-]. The Balaban J connectivity index is -0.000000215. The molecule has 2 rings (SSSR count). The zero-order chi connectivity index (χ0) is 14.0. The summed E-state index contributed by atoms with van der Waals surface area (Å²) in [6.07, 6.45) is 16.0. The molecule has 2 aliphatic rings. The predicted octanol–water partition coefficient (Wildman–Crippen LogP) is -1.04. The van der Waals surface area contributed by atoms with Gasteiger partial charge in [-0.05, 0) is 0 Å². The van der Waals surface area contributed by atoms with Gasteiger partial charge in [0, 0.05) is 0 Å². The molecule has 0 fully saturated rings. The van der Waals surface area contributed by atoms with E-state index in [1.807, 2.05) is 0 Å². The smallest absolute Gasteiger partial charge is 1.00 e. The molecule has 0 spiro atoms. The molecule has 0 saturated carbocycles. The normalized spacial score (nSPS) is 14.2. The van der Waals surface area contributed by atoms with E-state index in [0.29, 0.717) is 0 Å². The number of hydrogen-bond donors (Lipinski definition) is 0. The van der Waals surface area contributed by atoms with Crippen LogP contribution in [0, 0.1) is 12.2 Å². The molecule has 20 heavy (non-hydrogen) atoms. The number of allylic oxidation sites excluding steroid dienone is 8. The monoisotopic (exact) mass is 404 g/mol. The molecule has 0 saturated heterocycles. The Morgan fingerprint density at radius 1 is 1.25 bits per heavy atom. The Hall–Kier alpha value is 0.640. The third kappa shape index (κ3) is 16.7. The third-order valence-corrected chi connectivity index (χ3v) is 2.29. The second-order valence-electron chi connectivity index (χ2n) is 4.71. The number of halogens is 2. The number of rotatable bonds is 1. The first kappa shape index (κ1) is 25.6. The minimum atomic E-state index is 0. The zero-order valence-electron chi connectivity index (χ0n) is 13.1. The van der Waals surface area contributed by atoms with Gasteiger partial charge < -0.3 is 24.8 Å². The first-order valence-electron chi connectivity index (χ1n) is 6.47. The van der Waals surface area contributed by atoms with E-state index in [1.54, 1.807) is 23.3 Å². The Labute approximate surface area is 153 Å². The summed E-state index contributed by atoms with van der Waals surface area (Å²) in [5.74, 6) is 0. The van der Waals surface area contributed by atoms with Crippen molar-refractivity contribution >= 4 is 5.43 Å². The van der Waals surface area contributed by atoms with E-state index >= 15 is 0 Å². The predicted molar refractivity (Wildman–Crippen MR) is 79.1 cm³/mol. The van der Waals surface area contributed by atoms with E-state index in [4.69, 9.17) is 0 Å². The van der Waals surface area contributed by atoms with Gasteiger partial charge in [-0.3, -0.25) is 12.2 Å². The molecule has 0 aromatic heterocycles. The summed E-state index contributed by atoms with van der Waals surface area (Å²) in [5.41, 5.74) is 4.36. The van der Waals surface area contributed by atoms with Crippen molar-refractivity contribution in [3.05, 3.63) is 47.1 Å². The molecule has 0 heterocycles. The Morgan fingerprint density at radius 2 is 1.80 bits per heavy atom. The van der Waals surface area contributed by atoms with Crippen molar-refractivity contribution in [2.24, 2.45) is 0 Å². The van der Waals surface area contributed by atoms with Gasteiger partial charge in [0.15, 0.2) is 0 Å². The molecule has 0 N–H and O–H groups in total. The summed E-state index contributed by atoms with van der Waals surface area (Å²) in [6.45, 7) is 11.0. The molecule has 0 aromatic carbocycles. The molecule has 2 aliphatic carbocycles. The summed E-state index contributed by atoms with van der Waals surface area (Å²) in [5, 5.41) is 0. The molecule has 0 aromatic rings. The maximum Gasteiger partial charge on any atom is -1.00 e. The molecule has 0 aliphatic heterocycles. The summed E-state index contributed by atoms with van der Waals surface area (Å²) in [6, 6.07) is 0. The van der Waals surface area contributed by atoms with Crippen LogP contribution in [0.2, 0.25) is 13.1 Å². The quantitative estimate of drug-likeness (QED) is 0.386. The molecule has 0 nitrogen and oxygen atoms in total. The minimum Gasteiger partial charge on any atom is -1.00 e. The summed E-state index contributed by atoms with van der Waals surface area (Å²) >= 11 is 1.74. The van der Waals surface area contributed by atoms with Crippen LogP contribution >= 0.6 is 0 Å². The minimum absolute atomic E-state index is 0. The second kappa shape index (κ2) is 16.0. The van der Waals surface area contributed by atoms with E-state index in [2.05, 4.69) is 64.2 Å². The molecule has 0 unspecified atom stereocenters. The first-order valence-corrected chi connectivity index (χ1v) is 12.7. The van der Waals surface area contributed by atoms with E-state index in [-0.39, 0.29) is 30.2 Å². The molecular weight excluding hydrogens is 382 g/mol. The molecule has 112 valence electrons. The van der Waals surface area contributed by atoms with Gasteiger partial charge >= 0.3 is 41.9 Å². The third-order valence-electron chi connectivity index (χ3n) is 2.29. The fraction of sp³-hybridized carbons (Fsp3) is 0.500. The fourth-order valence-electron chi connectivity index (χ4n) is 1.44. The molecule has 0 radical (unpaired) electrons. The van der Waals surface area contributed by atoms with Crippen LogP contribution in [0.3, 0.4) is 0 Å². The van der Waals surface area contributed by atoms with Gasteiger partial charge in [-0.2, -0.15) is 11.6 Å². The van der Waals surface area contributed by atoms with Gasteiger partial charge in [-0.1, -0.05) is 27.2 Å². The Morgan fingerprint density at radius 3 is 1.95 bits per heavy atom. The zero-order valence-corrected chi connectivity index (χ0v) is 18.1. The maximum absolute atomic E-state index is 3.19. The van der Waals surface area contributed by atoms with Crippen molar-refractivity contribution in [1.82, 2.24) is 0 Å². The van der Waals surface area contributed by atoms with Crippen LogP contribution in [0.4, 0.5) is 0 Å². The molecule has 0 bridgehead atoms. The summed E-state index contributed by atoms with van der Waals surface area (Å²) < 4.78 is 0. The van der Waals surface area contributed by atoms with Crippen molar-refractivity contribution in [3.63, 3.8) is 0 Å². The molecule has 0 atom stereocenters.